The Bertz CT molecular complexity index is 660. The summed E-state index contributed by atoms with van der Waals surface area (Å²) in [7, 11) is -4.37. The molecule has 0 aliphatic carbocycles. The summed E-state index contributed by atoms with van der Waals surface area (Å²) in [4.78, 5) is -0.914. The summed E-state index contributed by atoms with van der Waals surface area (Å²) in [5.41, 5.74) is -1.48. The van der Waals surface area contributed by atoms with Crippen LogP contribution in [0.2, 0.25) is 0 Å². The van der Waals surface area contributed by atoms with Gasteiger partial charge in [0.15, 0.2) is 0 Å². The third kappa shape index (κ3) is 3.11. The van der Waals surface area contributed by atoms with Crippen LogP contribution in [0.1, 0.15) is 19.4 Å². The maximum Gasteiger partial charge on any atom is 0.417 e. The lowest BCUT2D eigenvalue weighted by Crippen LogP contribution is -2.57. The van der Waals surface area contributed by atoms with Gasteiger partial charge in [0, 0.05) is 25.2 Å². The van der Waals surface area contributed by atoms with Crippen LogP contribution >= 0.6 is 0 Å². The van der Waals surface area contributed by atoms with E-state index in [0.717, 1.165) is 10.4 Å². The van der Waals surface area contributed by atoms with Crippen LogP contribution in [0.4, 0.5) is 17.6 Å². The minimum atomic E-state index is -4.95. The van der Waals surface area contributed by atoms with E-state index < -0.39 is 38.5 Å². The predicted molar refractivity (Wildman–Crippen MR) is 72.2 cm³/mol. The minimum absolute atomic E-state index is 0.0580. The average molecular weight is 340 g/mol. The van der Waals surface area contributed by atoms with E-state index in [-0.39, 0.29) is 18.7 Å². The Kier molecular flexibility index (Phi) is 4.51. The average Bonchev–Trinajstić information content (AvgIpc) is 2.40. The topological polar surface area (TPSA) is 49.4 Å². The second kappa shape index (κ2) is 5.78. The van der Waals surface area contributed by atoms with Gasteiger partial charge in [0.05, 0.1) is 10.5 Å². The number of benzene rings is 1. The van der Waals surface area contributed by atoms with Crippen molar-refractivity contribution in [3.63, 3.8) is 0 Å². The largest absolute Gasteiger partial charge is 0.417 e. The summed E-state index contributed by atoms with van der Waals surface area (Å²) in [6, 6.07) is 0.900. The molecular formula is C13H16F4N2O2S. The van der Waals surface area contributed by atoms with E-state index in [0.29, 0.717) is 12.6 Å². The third-order valence-corrected chi connectivity index (χ3v) is 5.85. The van der Waals surface area contributed by atoms with E-state index >= 15 is 0 Å². The lowest BCUT2D eigenvalue weighted by atomic mass is 10.1. The second-order valence-corrected chi connectivity index (χ2v) is 7.10. The summed E-state index contributed by atoms with van der Waals surface area (Å²) in [6.07, 6.45) is -4.95. The fourth-order valence-electron chi connectivity index (χ4n) is 2.44. The summed E-state index contributed by atoms with van der Waals surface area (Å²) < 4.78 is 78.5. The van der Waals surface area contributed by atoms with Gasteiger partial charge in [-0.2, -0.15) is 17.5 Å². The van der Waals surface area contributed by atoms with E-state index in [2.05, 4.69) is 5.32 Å². The molecule has 2 rings (SSSR count). The smallest absolute Gasteiger partial charge is 0.311 e. The molecule has 1 saturated heterocycles. The molecule has 124 valence electrons. The predicted octanol–water partition coefficient (Wildman–Crippen LogP) is 2.22. The zero-order valence-electron chi connectivity index (χ0n) is 12.0. The first-order chi connectivity index (χ1) is 10.0. The van der Waals surface area contributed by atoms with Crippen LogP contribution < -0.4 is 5.32 Å². The van der Waals surface area contributed by atoms with E-state index in [4.69, 9.17) is 0 Å². The molecule has 0 amide bonds. The number of halogens is 4. The molecule has 1 aromatic carbocycles. The molecule has 22 heavy (non-hydrogen) atoms. The van der Waals surface area contributed by atoms with Crippen LogP contribution in [0.3, 0.4) is 0 Å². The van der Waals surface area contributed by atoms with Crippen LogP contribution in [-0.4, -0.2) is 37.9 Å². The monoisotopic (exact) mass is 340 g/mol. The summed E-state index contributed by atoms with van der Waals surface area (Å²) in [6.45, 7) is 3.77. The van der Waals surface area contributed by atoms with E-state index in [1.54, 1.807) is 13.8 Å². The zero-order chi connectivity index (χ0) is 16.7. The van der Waals surface area contributed by atoms with E-state index in [1.165, 1.54) is 0 Å². The third-order valence-electron chi connectivity index (χ3n) is 3.81. The molecule has 0 bridgehead atoms. The van der Waals surface area contributed by atoms with Gasteiger partial charge in [-0.15, -0.1) is 0 Å². The SMILES string of the molecule is CC1NCCN(S(=O)(=O)c2ccc(F)cc2C(F)(F)F)C1C. The molecule has 1 aliphatic rings. The molecule has 1 aliphatic heterocycles. The molecule has 0 radical (unpaired) electrons. The standard InChI is InChI=1S/C13H16F4N2O2S/c1-8-9(2)19(6-5-18-8)22(20,21)12-4-3-10(14)7-11(12)13(15,16)17/h3-4,7-9,18H,5-6H2,1-2H3. The highest BCUT2D eigenvalue weighted by Crippen LogP contribution is 2.36. The lowest BCUT2D eigenvalue weighted by Gasteiger charge is -2.37. The van der Waals surface area contributed by atoms with Crippen molar-refractivity contribution in [3.05, 3.63) is 29.6 Å². The number of hydrogen-bond acceptors (Lipinski definition) is 3. The number of piperazine rings is 1. The molecule has 9 heteroatoms. The molecule has 0 aromatic heterocycles. The highest BCUT2D eigenvalue weighted by atomic mass is 32.2. The number of nitrogens with one attached hydrogen (secondary N) is 1. The van der Waals surface area contributed by atoms with Gasteiger partial charge in [-0.05, 0) is 32.0 Å². The van der Waals surface area contributed by atoms with E-state index in [1.807, 2.05) is 0 Å². The van der Waals surface area contributed by atoms with Crippen LogP contribution in [-0.2, 0) is 16.2 Å². The normalized spacial score (nSPS) is 24.5. The van der Waals surface area contributed by atoms with Gasteiger partial charge < -0.3 is 5.32 Å². The number of alkyl halides is 3. The maximum atomic E-state index is 13.1. The van der Waals surface area contributed by atoms with Crippen LogP contribution in [0.25, 0.3) is 0 Å². The first-order valence-electron chi connectivity index (χ1n) is 6.67. The molecule has 1 N–H and O–H groups in total. The van der Waals surface area contributed by atoms with Gasteiger partial charge in [0.25, 0.3) is 0 Å². The van der Waals surface area contributed by atoms with Gasteiger partial charge >= 0.3 is 6.18 Å². The number of nitrogens with zero attached hydrogens (tertiary/aromatic N) is 1. The molecule has 1 heterocycles. The molecule has 1 aromatic rings. The van der Waals surface area contributed by atoms with Crippen molar-refractivity contribution >= 4 is 10.0 Å². The Morgan fingerprint density at radius 3 is 2.50 bits per heavy atom. The lowest BCUT2D eigenvalue weighted by molar-refractivity contribution is -0.140. The first kappa shape index (κ1) is 17.2. The molecule has 2 unspecified atom stereocenters. The van der Waals surface area contributed by atoms with Crippen molar-refractivity contribution in [2.24, 2.45) is 0 Å². The molecule has 1 fully saturated rings. The molecule has 2 atom stereocenters. The molecule has 4 nitrogen and oxygen atoms in total. The van der Waals surface area contributed by atoms with Crippen LogP contribution in [0.15, 0.2) is 23.1 Å². The van der Waals surface area contributed by atoms with Crippen molar-refractivity contribution in [1.82, 2.24) is 9.62 Å². The Labute approximate surface area is 126 Å². The van der Waals surface area contributed by atoms with Gasteiger partial charge in [-0.25, -0.2) is 12.8 Å². The second-order valence-electron chi connectivity index (χ2n) is 5.24. The van der Waals surface area contributed by atoms with Crippen molar-refractivity contribution in [1.29, 1.82) is 0 Å². The van der Waals surface area contributed by atoms with Gasteiger partial charge in [0.1, 0.15) is 5.82 Å². The van der Waals surface area contributed by atoms with Crippen molar-refractivity contribution < 1.29 is 26.0 Å². The summed E-state index contributed by atoms with van der Waals surface area (Å²) in [5, 5.41) is 3.05. The van der Waals surface area contributed by atoms with Crippen LogP contribution in [0.5, 0.6) is 0 Å². The highest BCUT2D eigenvalue weighted by Gasteiger charge is 2.42. The summed E-state index contributed by atoms with van der Waals surface area (Å²) in [5.74, 6) is -1.13. The van der Waals surface area contributed by atoms with Crippen molar-refractivity contribution in [3.8, 4) is 0 Å². The quantitative estimate of drug-likeness (QED) is 0.840. The van der Waals surface area contributed by atoms with Crippen molar-refractivity contribution in [2.45, 2.75) is 37.0 Å². The zero-order valence-corrected chi connectivity index (χ0v) is 12.8. The Morgan fingerprint density at radius 1 is 1.27 bits per heavy atom. The number of hydrogen-bond donors (Lipinski definition) is 1. The van der Waals surface area contributed by atoms with Gasteiger partial charge in [-0.1, -0.05) is 0 Å². The van der Waals surface area contributed by atoms with Crippen molar-refractivity contribution in [2.75, 3.05) is 13.1 Å². The fraction of sp³-hybridized carbons (Fsp3) is 0.538. The fourth-order valence-corrected chi connectivity index (χ4v) is 4.34. The molecule has 0 spiro atoms. The Hall–Kier alpha value is -1.19. The van der Waals surface area contributed by atoms with E-state index in [9.17, 15) is 26.0 Å². The Morgan fingerprint density at radius 2 is 1.91 bits per heavy atom. The van der Waals surface area contributed by atoms with Gasteiger partial charge in [-0.3, -0.25) is 0 Å². The maximum absolute atomic E-state index is 13.1. The Balaban J connectivity index is 2.55. The number of rotatable bonds is 2. The number of sulfonamides is 1. The van der Waals surface area contributed by atoms with Gasteiger partial charge in [0.2, 0.25) is 10.0 Å². The summed E-state index contributed by atoms with van der Waals surface area (Å²) >= 11 is 0. The molecular weight excluding hydrogens is 324 g/mol. The highest BCUT2D eigenvalue weighted by molar-refractivity contribution is 7.89. The molecule has 0 saturated carbocycles. The van der Waals surface area contributed by atoms with Crippen LogP contribution in [0, 0.1) is 5.82 Å². The minimum Gasteiger partial charge on any atom is -0.311 e. The first-order valence-corrected chi connectivity index (χ1v) is 8.11.